The van der Waals surface area contributed by atoms with Crippen molar-refractivity contribution in [3.63, 3.8) is 0 Å². The van der Waals surface area contributed by atoms with E-state index in [0.29, 0.717) is 35.9 Å². The predicted molar refractivity (Wildman–Crippen MR) is 113 cm³/mol. The van der Waals surface area contributed by atoms with Gasteiger partial charge in [-0.3, -0.25) is 10.1 Å². The van der Waals surface area contributed by atoms with Gasteiger partial charge in [-0.25, -0.2) is 0 Å². The van der Waals surface area contributed by atoms with Crippen LogP contribution in [-0.2, 0) is 6.54 Å². The molecule has 152 valence electrons. The molecule has 2 rings (SSSR count). The van der Waals surface area contributed by atoms with E-state index >= 15 is 0 Å². The van der Waals surface area contributed by atoms with Crippen LogP contribution in [0.3, 0.4) is 0 Å². The molecule has 7 nitrogen and oxygen atoms in total. The Morgan fingerprint density at radius 1 is 1.10 bits per heavy atom. The fraction of sp³-hybridized carbons (Fsp3) is 0.286. The van der Waals surface area contributed by atoms with Crippen LogP contribution in [-0.4, -0.2) is 43.8 Å². The van der Waals surface area contributed by atoms with E-state index < -0.39 is 5.91 Å². The van der Waals surface area contributed by atoms with Crippen LogP contribution < -0.4 is 19.5 Å². The molecular weight excluding hydrogens is 390 g/mol. The Labute approximate surface area is 175 Å². The highest BCUT2D eigenvalue weighted by molar-refractivity contribution is 7.80. The molecule has 1 amide bonds. The third-order valence-electron chi connectivity index (χ3n) is 4.14. The first kappa shape index (κ1) is 22.0. The van der Waals surface area contributed by atoms with E-state index in [1.54, 1.807) is 17.0 Å². The molecule has 1 N–H and O–H groups in total. The molecule has 2 aromatic rings. The number of nitriles is 1. The van der Waals surface area contributed by atoms with Crippen LogP contribution in [0, 0.1) is 11.3 Å². The van der Waals surface area contributed by atoms with Gasteiger partial charge < -0.3 is 19.1 Å². The van der Waals surface area contributed by atoms with Crippen LogP contribution in [0.25, 0.3) is 0 Å². The first-order valence-corrected chi connectivity index (χ1v) is 9.26. The Morgan fingerprint density at radius 3 is 2.24 bits per heavy atom. The third kappa shape index (κ3) is 5.83. The van der Waals surface area contributed by atoms with E-state index in [9.17, 15) is 4.79 Å². The molecule has 0 fully saturated rings. The van der Waals surface area contributed by atoms with Gasteiger partial charge in [0.15, 0.2) is 16.6 Å². The summed E-state index contributed by atoms with van der Waals surface area (Å²) in [6.45, 7) is 0.886. The second-order valence-corrected chi connectivity index (χ2v) is 6.38. The zero-order valence-electron chi connectivity index (χ0n) is 16.6. The minimum absolute atomic E-state index is 0.239. The van der Waals surface area contributed by atoms with Gasteiger partial charge in [0, 0.05) is 18.7 Å². The minimum atomic E-state index is -0.413. The Bertz CT molecular complexity index is 872. The number of amides is 1. The summed E-state index contributed by atoms with van der Waals surface area (Å²) in [7, 11) is 4.45. The molecule has 0 aromatic heterocycles. The van der Waals surface area contributed by atoms with Crippen molar-refractivity contribution in [1.82, 2.24) is 10.2 Å². The molecule has 29 heavy (non-hydrogen) atoms. The quantitative estimate of drug-likeness (QED) is 0.666. The Morgan fingerprint density at radius 2 is 1.72 bits per heavy atom. The van der Waals surface area contributed by atoms with E-state index in [1.807, 2.05) is 30.3 Å². The summed E-state index contributed by atoms with van der Waals surface area (Å²) >= 11 is 5.43. The standard InChI is InChI=1S/C21H23N3O4S/c1-26-17-12-16(13-18(27-2)19(17)28-3)20(25)23-21(29)24(11-7-10-22)14-15-8-5-4-6-9-15/h4-6,8-9,12-13H,7,11,14H2,1-3H3,(H,23,25,29). The van der Waals surface area contributed by atoms with Gasteiger partial charge in [0.25, 0.3) is 5.91 Å². The summed E-state index contributed by atoms with van der Waals surface area (Å²) in [5.41, 5.74) is 1.33. The van der Waals surface area contributed by atoms with Crippen molar-refractivity contribution in [2.24, 2.45) is 0 Å². The molecule has 0 heterocycles. The third-order valence-corrected chi connectivity index (χ3v) is 4.50. The summed E-state index contributed by atoms with van der Waals surface area (Å²) in [5, 5.41) is 11.9. The molecule has 0 aliphatic carbocycles. The Kier molecular flexibility index (Phi) is 8.25. The first-order chi connectivity index (χ1) is 14.0. The summed E-state index contributed by atoms with van der Waals surface area (Å²) in [4.78, 5) is 14.6. The molecule has 0 aliphatic rings. The number of nitrogens with one attached hydrogen (secondary N) is 1. The highest BCUT2D eigenvalue weighted by Crippen LogP contribution is 2.38. The monoisotopic (exact) mass is 413 g/mol. The zero-order chi connectivity index (χ0) is 21.2. The fourth-order valence-electron chi connectivity index (χ4n) is 2.70. The number of carbonyl (C=O) groups is 1. The lowest BCUT2D eigenvalue weighted by atomic mass is 10.1. The number of hydrogen-bond donors (Lipinski definition) is 1. The van der Waals surface area contributed by atoms with Crippen LogP contribution in [0.5, 0.6) is 17.2 Å². The van der Waals surface area contributed by atoms with Gasteiger partial charge in [0.2, 0.25) is 5.75 Å². The van der Waals surface area contributed by atoms with Crippen molar-refractivity contribution in [3.8, 4) is 23.3 Å². The molecule has 0 saturated carbocycles. The topological polar surface area (TPSA) is 83.8 Å². The molecular formula is C21H23N3O4S. The average Bonchev–Trinajstić information content (AvgIpc) is 2.75. The number of benzene rings is 2. The van der Waals surface area contributed by atoms with Gasteiger partial charge in [-0.05, 0) is 29.9 Å². The molecule has 0 spiro atoms. The molecule has 0 radical (unpaired) electrons. The normalized spacial score (nSPS) is 9.86. The molecule has 0 aliphatic heterocycles. The van der Waals surface area contributed by atoms with E-state index in [0.717, 1.165) is 5.56 Å². The fourth-order valence-corrected chi connectivity index (χ4v) is 2.95. The van der Waals surface area contributed by atoms with E-state index in [1.165, 1.54) is 21.3 Å². The lowest BCUT2D eigenvalue weighted by Gasteiger charge is -2.24. The number of hydrogen-bond acceptors (Lipinski definition) is 6. The molecule has 8 heteroatoms. The van der Waals surface area contributed by atoms with Crippen molar-refractivity contribution >= 4 is 23.2 Å². The number of rotatable bonds is 8. The van der Waals surface area contributed by atoms with Gasteiger partial charge in [0.05, 0.1) is 33.8 Å². The van der Waals surface area contributed by atoms with Gasteiger partial charge >= 0.3 is 0 Å². The van der Waals surface area contributed by atoms with Gasteiger partial charge in [0.1, 0.15) is 0 Å². The van der Waals surface area contributed by atoms with Crippen molar-refractivity contribution in [2.45, 2.75) is 13.0 Å². The Balaban J connectivity index is 2.20. The van der Waals surface area contributed by atoms with E-state index in [4.69, 9.17) is 31.7 Å². The SMILES string of the molecule is COc1cc(C(=O)NC(=S)N(CCC#N)Cc2ccccc2)cc(OC)c1OC. The average molecular weight is 413 g/mol. The van der Waals surface area contributed by atoms with Crippen molar-refractivity contribution < 1.29 is 19.0 Å². The second-order valence-electron chi connectivity index (χ2n) is 5.99. The highest BCUT2D eigenvalue weighted by Gasteiger charge is 2.19. The number of thiocarbonyl (C=S) groups is 1. The first-order valence-electron chi connectivity index (χ1n) is 8.85. The summed E-state index contributed by atoms with van der Waals surface area (Å²) in [6.07, 6.45) is 0.285. The molecule has 0 atom stereocenters. The van der Waals surface area contributed by atoms with Gasteiger partial charge in [-0.15, -0.1) is 0 Å². The van der Waals surface area contributed by atoms with Crippen molar-refractivity contribution in [2.75, 3.05) is 27.9 Å². The lowest BCUT2D eigenvalue weighted by Crippen LogP contribution is -2.42. The molecule has 0 saturated heterocycles. The van der Waals surface area contributed by atoms with Gasteiger partial charge in [-0.2, -0.15) is 5.26 Å². The second kappa shape index (κ2) is 10.9. The number of ether oxygens (including phenoxy) is 3. The maximum absolute atomic E-state index is 12.8. The predicted octanol–water partition coefficient (Wildman–Crippen LogP) is 3.14. The molecule has 0 bridgehead atoms. The maximum atomic E-state index is 12.8. The zero-order valence-corrected chi connectivity index (χ0v) is 17.4. The largest absolute Gasteiger partial charge is 0.493 e. The molecule has 2 aromatic carbocycles. The smallest absolute Gasteiger partial charge is 0.257 e. The summed E-state index contributed by atoms with van der Waals surface area (Å²) in [6, 6.07) is 14.9. The maximum Gasteiger partial charge on any atom is 0.257 e. The van der Waals surface area contributed by atoms with Crippen LogP contribution in [0.4, 0.5) is 0 Å². The number of methoxy groups -OCH3 is 3. The number of nitrogens with zero attached hydrogens (tertiary/aromatic N) is 2. The Hall–Kier alpha value is -3.31. The van der Waals surface area contributed by atoms with E-state index in [-0.39, 0.29) is 11.5 Å². The summed E-state index contributed by atoms with van der Waals surface area (Å²) < 4.78 is 15.9. The van der Waals surface area contributed by atoms with Gasteiger partial charge in [-0.1, -0.05) is 30.3 Å². The van der Waals surface area contributed by atoms with Crippen molar-refractivity contribution in [3.05, 3.63) is 53.6 Å². The molecule has 0 unspecified atom stereocenters. The van der Waals surface area contributed by atoms with E-state index in [2.05, 4.69) is 11.4 Å². The van der Waals surface area contributed by atoms with Crippen LogP contribution in [0.2, 0.25) is 0 Å². The van der Waals surface area contributed by atoms with Crippen LogP contribution in [0.1, 0.15) is 22.3 Å². The highest BCUT2D eigenvalue weighted by atomic mass is 32.1. The van der Waals surface area contributed by atoms with Crippen LogP contribution in [0.15, 0.2) is 42.5 Å². The lowest BCUT2D eigenvalue weighted by molar-refractivity contribution is 0.0972. The minimum Gasteiger partial charge on any atom is -0.493 e. The summed E-state index contributed by atoms with van der Waals surface area (Å²) in [5.74, 6) is 0.722. The van der Waals surface area contributed by atoms with Crippen LogP contribution >= 0.6 is 12.2 Å². The van der Waals surface area contributed by atoms with Crippen molar-refractivity contribution in [1.29, 1.82) is 5.26 Å². The number of carbonyl (C=O) groups excluding carboxylic acids is 1.